The van der Waals surface area contributed by atoms with Crippen molar-refractivity contribution in [1.29, 1.82) is 0 Å². The number of imide groups is 1. The molecule has 5 nitrogen and oxygen atoms in total. The predicted octanol–water partition coefficient (Wildman–Crippen LogP) is -0.389. The molecule has 2 N–H and O–H groups in total. The zero-order chi connectivity index (χ0) is 18.8. The van der Waals surface area contributed by atoms with Gasteiger partial charge in [-0.3, -0.25) is 9.59 Å². The molecule has 0 unspecified atom stereocenters. The van der Waals surface area contributed by atoms with Crippen molar-refractivity contribution in [2.75, 3.05) is 31.1 Å². The van der Waals surface area contributed by atoms with E-state index in [1.165, 1.54) is 15.4 Å². The molecule has 2 aliphatic rings. The number of aryl methyl sites for hydroxylation is 1. The second-order valence-electron chi connectivity index (χ2n) is 7.73. The average Bonchev–Trinajstić information content (AvgIpc) is 2.98. The first-order chi connectivity index (χ1) is 13.1. The summed E-state index contributed by atoms with van der Waals surface area (Å²) in [4.78, 5) is 29.7. The smallest absolute Gasteiger partial charge is 0.292 e. The number of carbonyl (C=O) groups is 2. The van der Waals surface area contributed by atoms with Gasteiger partial charge in [0.1, 0.15) is 32.7 Å². The molecular formula is C22H27N3O2+2. The van der Waals surface area contributed by atoms with Crippen LogP contribution in [0.3, 0.4) is 0 Å². The van der Waals surface area contributed by atoms with Gasteiger partial charge in [-0.15, -0.1) is 0 Å². The van der Waals surface area contributed by atoms with Crippen LogP contribution < -0.4 is 14.7 Å². The third kappa shape index (κ3) is 3.80. The Bertz CT molecular complexity index is 811. The average molecular weight is 365 g/mol. The Labute approximate surface area is 160 Å². The molecule has 4 rings (SSSR count). The van der Waals surface area contributed by atoms with Crippen molar-refractivity contribution in [3.63, 3.8) is 0 Å². The number of nitrogens with zero attached hydrogens (tertiary/aromatic N) is 1. The summed E-state index contributed by atoms with van der Waals surface area (Å²) in [6.07, 6.45) is 0.329. The molecule has 2 heterocycles. The minimum Gasteiger partial charge on any atom is -0.322 e. The maximum Gasteiger partial charge on any atom is 0.292 e. The summed E-state index contributed by atoms with van der Waals surface area (Å²) in [5.74, 6) is -0.106. The standard InChI is InChI=1S/C22H25N3O2/c1-17-7-9-19(10-8-17)25-21(26)15-20(22(25)27)24-13-11-23(12-14-24)16-18-5-3-2-4-6-18/h2-10,20H,11-16H2,1H3/p+2/t20-/m0/s1. The second kappa shape index (κ2) is 7.62. The van der Waals surface area contributed by atoms with Crippen molar-refractivity contribution < 1.29 is 19.4 Å². The zero-order valence-corrected chi connectivity index (χ0v) is 15.8. The lowest BCUT2D eigenvalue weighted by atomic mass is 10.1. The van der Waals surface area contributed by atoms with Crippen LogP contribution in [0.25, 0.3) is 0 Å². The molecule has 0 bridgehead atoms. The number of carbonyl (C=O) groups excluding carboxylic acids is 2. The highest BCUT2D eigenvalue weighted by Gasteiger charge is 2.46. The van der Waals surface area contributed by atoms with Crippen LogP contribution >= 0.6 is 0 Å². The van der Waals surface area contributed by atoms with Gasteiger partial charge >= 0.3 is 0 Å². The van der Waals surface area contributed by atoms with E-state index in [4.69, 9.17) is 0 Å². The van der Waals surface area contributed by atoms with Crippen LogP contribution in [0.15, 0.2) is 54.6 Å². The summed E-state index contributed by atoms with van der Waals surface area (Å²) in [5, 5.41) is 0. The molecule has 5 heteroatoms. The van der Waals surface area contributed by atoms with Gasteiger partial charge in [-0.05, 0) is 19.1 Å². The molecule has 2 fully saturated rings. The Morgan fingerprint density at radius 1 is 0.926 bits per heavy atom. The number of nitrogens with one attached hydrogen (secondary N) is 2. The third-order valence-corrected chi connectivity index (χ3v) is 5.83. The Kier molecular flexibility index (Phi) is 5.05. The van der Waals surface area contributed by atoms with Gasteiger partial charge in [0.2, 0.25) is 5.91 Å². The molecule has 2 saturated heterocycles. The lowest BCUT2D eigenvalue weighted by molar-refractivity contribution is -1.02. The van der Waals surface area contributed by atoms with Gasteiger partial charge in [0.15, 0.2) is 6.04 Å². The van der Waals surface area contributed by atoms with Crippen LogP contribution in [0.1, 0.15) is 17.5 Å². The Balaban J connectivity index is 1.38. The number of hydrogen-bond acceptors (Lipinski definition) is 2. The monoisotopic (exact) mass is 365 g/mol. The Morgan fingerprint density at radius 3 is 2.26 bits per heavy atom. The minimum absolute atomic E-state index is 0.0367. The number of rotatable bonds is 4. The van der Waals surface area contributed by atoms with E-state index in [-0.39, 0.29) is 17.9 Å². The van der Waals surface area contributed by atoms with Crippen LogP contribution in [0, 0.1) is 6.92 Å². The maximum absolute atomic E-state index is 13.0. The van der Waals surface area contributed by atoms with E-state index in [9.17, 15) is 9.59 Å². The molecule has 1 atom stereocenters. The van der Waals surface area contributed by atoms with Gasteiger partial charge in [0.05, 0.1) is 12.1 Å². The molecule has 2 aromatic carbocycles. The fourth-order valence-corrected chi connectivity index (χ4v) is 4.25. The summed E-state index contributed by atoms with van der Waals surface area (Å²) >= 11 is 0. The number of hydrogen-bond donors (Lipinski definition) is 2. The van der Waals surface area contributed by atoms with Crippen molar-refractivity contribution in [3.05, 3.63) is 65.7 Å². The number of anilines is 1. The number of amides is 2. The molecule has 140 valence electrons. The first kappa shape index (κ1) is 17.9. The van der Waals surface area contributed by atoms with E-state index in [0.29, 0.717) is 12.1 Å². The molecule has 0 aliphatic carbocycles. The SMILES string of the molecule is Cc1ccc(N2C(=O)C[C@H]([NH+]3CC[NH+](Cc4ccccc4)CC3)C2=O)cc1. The topological polar surface area (TPSA) is 46.3 Å². The van der Waals surface area contributed by atoms with E-state index >= 15 is 0 Å². The van der Waals surface area contributed by atoms with Gasteiger partial charge in [0, 0.05) is 5.56 Å². The van der Waals surface area contributed by atoms with Gasteiger partial charge in [0.25, 0.3) is 5.91 Å². The second-order valence-corrected chi connectivity index (χ2v) is 7.73. The highest BCUT2D eigenvalue weighted by atomic mass is 16.2. The van der Waals surface area contributed by atoms with Crippen molar-refractivity contribution in [2.24, 2.45) is 0 Å². The van der Waals surface area contributed by atoms with Crippen molar-refractivity contribution in [2.45, 2.75) is 25.9 Å². The highest BCUT2D eigenvalue weighted by molar-refractivity contribution is 6.21. The minimum atomic E-state index is -0.225. The maximum atomic E-state index is 13.0. The lowest BCUT2D eigenvalue weighted by Crippen LogP contribution is -3.29. The molecule has 2 aromatic rings. The highest BCUT2D eigenvalue weighted by Crippen LogP contribution is 2.22. The summed E-state index contributed by atoms with van der Waals surface area (Å²) in [5.41, 5.74) is 3.18. The Hall–Kier alpha value is -2.50. The van der Waals surface area contributed by atoms with Gasteiger partial charge in [-0.1, -0.05) is 48.0 Å². The van der Waals surface area contributed by atoms with E-state index in [2.05, 4.69) is 24.3 Å². The quantitative estimate of drug-likeness (QED) is 0.725. The molecule has 2 amide bonds. The van der Waals surface area contributed by atoms with E-state index < -0.39 is 0 Å². The molecular weight excluding hydrogens is 338 g/mol. The molecule has 27 heavy (non-hydrogen) atoms. The van der Waals surface area contributed by atoms with Crippen molar-refractivity contribution in [1.82, 2.24) is 0 Å². The first-order valence-corrected chi connectivity index (χ1v) is 9.77. The largest absolute Gasteiger partial charge is 0.322 e. The van der Waals surface area contributed by atoms with Crippen LogP contribution in [0.4, 0.5) is 5.69 Å². The summed E-state index contributed by atoms with van der Waals surface area (Å²) in [6, 6.07) is 18.0. The van der Waals surface area contributed by atoms with Crippen molar-refractivity contribution in [3.8, 4) is 0 Å². The van der Waals surface area contributed by atoms with Crippen LogP contribution in [-0.2, 0) is 16.1 Å². The van der Waals surface area contributed by atoms with E-state index in [1.807, 2.05) is 37.3 Å². The van der Waals surface area contributed by atoms with Gasteiger partial charge < -0.3 is 9.80 Å². The fraction of sp³-hybridized carbons (Fsp3) is 0.364. The summed E-state index contributed by atoms with van der Waals surface area (Å²) < 4.78 is 0. The summed E-state index contributed by atoms with van der Waals surface area (Å²) in [7, 11) is 0. The third-order valence-electron chi connectivity index (χ3n) is 5.83. The van der Waals surface area contributed by atoms with E-state index in [0.717, 1.165) is 38.3 Å². The molecule has 0 aromatic heterocycles. The van der Waals surface area contributed by atoms with Crippen LogP contribution in [0.2, 0.25) is 0 Å². The normalized spacial score (nSPS) is 25.8. The predicted molar refractivity (Wildman–Crippen MR) is 104 cm³/mol. The number of piperazine rings is 1. The molecule has 0 saturated carbocycles. The van der Waals surface area contributed by atoms with Gasteiger partial charge in [-0.2, -0.15) is 0 Å². The van der Waals surface area contributed by atoms with Crippen LogP contribution in [0.5, 0.6) is 0 Å². The fourth-order valence-electron chi connectivity index (χ4n) is 4.25. The van der Waals surface area contributed by atoms with E-state index in [1.54, 1.807) is 4.90 Å². The Morgan fingerprint density at radius 2 is 1.59 bits per heavy atom. The molecule has 0 spiro atoms. The lowest BCUT2D eigenvalue weighted by Gasteiger charge is -2.32. The van der Waals surface area contributed by atoms with Crippen molar-refractivity contribution >= 4 is 17.5 Å². The zero-order valence-electron chi connectivity index (χ0n) is 15.8. The molecule has 0 radical (unpaired) electrons. The van der Waals surface area contributed by atoms with Gasteiger partial charge in [-0.25, -0.2) is 4.90 Å². The summed E-state index contributed by atoms with van der Waals surface area (Å²) in [6.45, 7) is 6.98. The van der Waals surface area contributed by atoms with Crippen LogP contribution in [-0.4, -0.2) is 44.0 Å². The number of quaternary nitrogens is 2. The number of benzene rings is 2. The molecule has 2 aliphatic heterocycles. The first-order valence-electron chi connectivity index (χ1n) is 9.77.